The van der Waals surface area contributed by atoms with E-state index >= 15 is 0 Å². The Morgan fingerprint density at radius 2 is 1.13 bits per heavy atom. The van der Waals surface area contributed by atoms with Gasteiger partial charge in [-0.3, -0.25) is 0 Å². The zero-order chi connectivity index (χ0) is 35.3. The van der Waals surface area contributed by atoms with Gasteiger partial charge in [-0.25, -0.2) is 15.0 Å². The third-order valence-corrected chi connectivity index (χ3v) is 11.0. The highest BCUT2D eigenvalue weighted by atomic mass is 16.3. The van der Waals surface area contributed by atoms with Gasteiger partial charge in [-0.1, -0.05) is 141 Å². The van der Waals surface area contributed by atoms with E-state index in [-0.39, 0.29) is 5.41 Å². The number of para-hydroxylation sites is 1. The van der Waals surface area contributed by atoms with Crippen molar-refractivity contribution in [3.05, 3.63) is 169 Å². The number of aromatic nitrogens is 4. The smallest absolute Gasteiger partial charge is 0.164 e. The first-order chi connectivity index (χ1) is 26.0. The van der Waals surface area contributed by atoms with Gasteiger partial charge in [0.2, 0.25) is 0 Å². The third kappa shape index (κ3) is 4.34. The highest BCUT2D eigenvalue weighted by Gasteiger charge is 2.38. The van der Waals surface area contributed by atoms with Crippen molar-refractivity contribution in [2.45, 2.75) is 19.3 Å². The summed E-state index contributed by atoms with van der Waals surface area (Å²) in [6, 6.07) is 55.1. The molecule has 10 aromatic rings. The average molecular weight is 681 g/mol. The fourth-order valence-electron chi connectivity index (χ4n) is 8.65. The van der Waals surface area contributed by atoms with Crippen molar-refractivity contribution < 1.29 is 4.42 Å². The Morgan fingerprint density at radius 1 is 0.491 bits per heavy atom. The summed E-state index contributed by atoms with van der Waals surface area (Å²) in [6.07, 6.45) is 0. The fourth-order valence-corrected chi connectivity index (χ4v) is 8.65. The summed E-state index contributed by atoms with van der Waals surface area (Å²) in [5.41, 5.74) is 13.0. The number of fused-ring (bicyclic) bond motifs is 10. The summed E-state index contributed by atoms with van der Waals surface area (Å²) in [5, 5.41) is 4.49. The fraction of sp³-hybridized carbons (Fsp3) is 0.0625. The van der Waals surface area contributed by atoms with E-state index in [2.05, 4.69) is 103 Å². The molecule has 0 saturated carbocycles. The molecule has 5 heteroatoms. The Labute approximate surface area is 305 Å². The number of benzene rings is 7. The Kier molecular flexibility index (Phi) is 6.23. The van der Waals surface area contributed by atoms with Crippen LogP contribution in [0.1, 0.15) is 25.0 Å². The molecule has 0 bridgehead atoms. The highest BCUT2D eigenvalue weighted by molar-refractivity contribution is 6.15. The number of hydrogen-bond acceptors (Lipinski definition) is 4. The van der Waals surface area contributed by atoms with Gasteiger partial charge in [0.05, 0.1) is 11.0 Å². The van der Waals surface area contributed by atoms with Crippen molar-refractivity contribution in [2.24, 2.45) is 0 Å². The van der Waals surface area contributed by atoms with Crippen molar-refractivity contribution >= 4 is 43.7 Å². The lowest BCUT2D eigenvalue weighted by Gasteiger charge is -2.23. The van der Waals surface area contributed by atoms with E-state index in [4.69, 9.17) is 19.4 Å². The van der Waals surface area contributed by atoms with Crippen molar-refractivity contribution in [1.82, 2.24) is 19.5 Å². The van der Waals surface area contributed by atoms with E-state index in [0.29, 0.717) is 17.5 Å². The second-order valence-electron chi connectivity index (χ2n) is 14.4. The zero-order valence-corrected chi connectivity index (χ0v) is 29.2. The van der Waals surface area contributed by atoms with Gasteiger partial charge in [-0.05, 0) is 46.5 Å². The minimum absolute atomic E-state index is 0.169. The van der Waals surface area contributed by atoms with Crippen molar-refractivity contribution in [3.63, 3.8) is 0 Å². The van der Waals surface area contributed by atoms with Crippen LogP contribution in [0.3, 0.4) is 0 Å². The molecule has 0 atom stereocenters. The Bertz CT molecular complexity index is 3020. The largest absolute Gasteiger partial charge is 0.456 e. The number of furan rings is 1. The molecule has 0 fully saturated rings. The second-order valence-corrected chi connectivity index (χ2v) is 14.4. The minimum Gasteiger partial charge on any atom is -0.456 e. The lowest BCUT2D eigenvalue weighted by atomic mass is 9.81. The van der Waals surface area contributed by atoms with Crippen LogP contribution in [0.2, 0.25) is 0 Å². The third-order valence-electron chi connectivity index (χ3n) is 11.0. The molecule has 250 valence electrons. The van der Waals surface area contributed by atoms with Gasteiger partial charge >= 0.3 is 0 Å². The zero-order valence-electron chi connectivity index (χ0n) is 29.2. The first kappa shape index (κ1) is 29.8. The maximum atomic E-state index is 6.71. The van der Waals surface area contributed by atoms with Crippen LogP contribution in [0.15, 0.2) is 162 Å². The van der Waals surface area contributed by atoms with Gasteiger partial charge < -0.3 is 8.98 Å². The van der Waals surface area contributed by atoms with Gasteiger partial charge in [0.1, 0.15) is 11.2 Å². The molecule has 0 radical (unpaired) electrons. The molecule has 0 saturated heterocycles. The van der Waals surface area contributed by atoms with E-state index in [1.165, 1.54) is 44.1 Å². The summed E-state index contributed by atoms with van der Waals surface area (Å²) in [7, 11) is 0. The molecule has 7 aromatic carbocycles. The molecule has 0 amide bonds. The van der Waals surface area contributed by atoms with E-state index in [1.807, 2.05) is 72.8 Å². The SMILES string of the molecule is CC1(C)c2ccccc2-c2ccc3c4ccccc4n(-c4ccc5c(c4)oc4cccc(-c6nc(-c7ccccc7)nc(-c7ccccc7)n6)c45)c3c21. The van der Waals surface area contributed by atoms with Gasteiger partial charge in [-0.2, -0.15) is 0 Å². The molecular formula is C48H32N4O. The monoisotopic (exact) mass is 680 g/mol. The minimum atomic E-state index is -0.169. The van der Waals surface area contributed by atoms with E-state index in [9.17, 15) is 0 Å². The van der Waals surface area contributed by atoms with Gasteiger partial charge in [-0.15, -0.1) is 0 Å². The average Bonchev–Trinajstić information content (AvgIpc) is 3.83. The lowest BCUT2D eigenvalue weighted by Crippen LogP contribution is -2.16. The molecule has 0 aliphatic heterocycles. The van der Waals surface area contributed by atoms with Crippen molar-refractivity contribution in [1.29, 1.82) is 0 Å². The number of nitrogens with zero attached hydrogens (tertiary/aromatic N) is 4. The normalized spacial score (nSPS) is 13.2. The lowest BCUT2D eigenvalue weighted by molar-refractivity contribution is 0.663. The summed E-state index contributed by atoms with van der Waals surface area (Å²) in [6.45, 7) is 4.72. The molecule has 3 heterocycles. The van der Waals surface area contributed by atoms with Gasteiger partial charge in [0.15, 0.2) is 17.5 Å². The van der Waals surface area contributed by atoms with Gasteiger partial charge in [0.25, 0.3) is 0 Å². The van der Waals surface area contributed by atoms with Crippen LogP contribution in [0.25, 0.3) is 94.7 Å². The Balaban J connectivity index is 1.14. The predicted octanol–water partition coefficient (Wildman–Crippen LogP) is 12.2. The molecule has 1 aliphatic carbocycles. The topological polar surface area (TPSA) is 56.7 Å². The van der Waals surface area contributed by atoms with Crippen LogP contribution < -0.4 is 0 Å². The van der Waals surface area contributed by atoms with Crippen molar-refractivity contribution in [2.75, 3.05) is 0 Å². The predicted molar refractivity (Wildman–Crippen MR) is 215 cm³/mol. The molecule has 53 heavy (non-hydrogen) atoms. The highest BCUT2D eigenvalue weighted by Crippen LogP contribution is 2.53. The van der Waals surface area contributed by atoms with E-state index < -0.39 is 0 Å². The maximum absolute atomic E-state index is 6.71. The number of rotatable bonds is 4. The van der Waals surface area contributed by atoms with Gasteiger partial charge in [0, 0.05) is 55.4 Å². The van der Waals surface area contributed by atoms with Crippen LogP contribution in [0, 0.1) is 0 Å². The first-order valence-electron chi connectivity index (χ1n) is 18.0. The van der Waals surface area contributed by atoms with Crippen LogP contribution in [-0.4, -0.2) is 19.5 Å². The molecule has 1 aliphatic rings. The standard InChI is InChI=1S/C48H32N4O/c1-48(2)38-21-11-9-18-32(38)34-26-27-35-33-19-10-12-22-39(33)52(44(35)43(34)48)31-24-25-36-41(28-31)53-40-23-13-20-37(42(36)40)47-50-45(29-14-5-3-6-15-29)49-46(51-47)30-16-7-4-8-17-30/h3-28H,1-2H3. The van der Waals surface area contributed by atoms with E-state index in [0.717, 1.165) is 44.3 Å². The van der Waals surface area contributed by atoms with Crippen LogP contribution >= 0.6 is 0 Å². The van der Waals surface area contributed by atoms with Crippen LogP contribution in [0.4, 0.5) is 0 Å². The molecule has 11 rings (SSSR count). The molecule has 5 nitrogen and oxygen atoms in total. The molecule has 0 unspecified atom stereocenters. The van der Waals surface area contributed by atoms with Crippen LogP contribution in [0.5, 0.6) is 0 Å². The molecule has 0 N–H and O–H groups in total. The summed E-state index contributed by atoms with van der Waals surface area (Å²) in [4.78, 5) is 15.0. The number of hydrogen-bond donors (Lipinski definition) is 0. The summed E-state index contributed by atoms with van der Waals surface area (Å²) >= 11 is 0. The first-order valence-corrected chi connectivity index (χ1v) is 18.0. The Hall–Kier alpha value is -6.85. The van der Waals surface area contributed by atoms with Crippen LogP contribution in [-0.2, 0) is 5.41 Å². The summed E-state index contributed by atoms with van der Waals surface area (Å²) < 4.78 is 9.15. The molecule has 0 spiro atoms. The molecule has 3 aromatic heterocycles. The quantitative estimate of drug-likeness (QED) is 0.186. The molecular weight excluding hydrogens is 649 g/mol. The second kappa shape index (κ2) is 11.1. The van der Waals surface area contributed by atoms with E-state index in [1.54, 1.807) is 0 Å². The Morgan fingerprint density at radius 3 is 1.91 bits per heavy atom. The van der Waals surface area contributed by atoms with Crippen molar-refractivity contribution in [3.8, 4) is 51.0 Å². The maximum Gasteiger partial charge on any atom is 0.164 e. The summed E-state index contributed by atoms with van der Waals surface area (Å²) in [5.74, 6) is 1.87.